The van der Waals surface area contributed by atoms with Crippen molar-refractivity contribution in [2.75, 3.05) is 13.2 Å². The Morgan fingerprint density at radius 2 is 1.62 bits per heavy atom. The molecule has 1 aromatic rings. The predicted molar refractivity (Wildman–Crippen MR) is 59.8 cm³/mol. The van der Waals surface area contributed by atoms with Crippen LogP contribution >= 0.6 is 23.2 Å². The van der Waals surface area contributed by atoms with Crippen molar-refractivity contribution in [3.8, 4) is 0 Å². The second-order valence-electron chi connectivity index (χ2n) is 2.99. The molecule has 1 N–H and O–H groups in total. The van der Waals surface area contributed by atoms with E-state index in [2.05, 4.69) is 0 Å². The summed E-state index contributed by atoms with van der Waals surface area (Å²) < 4.78 is 11.6. The topological polar surface area (TPSA) is 42.6 Å². The van der Waals surface area contributed by atoms with Gasteiger partial charge >= 0.3 is 0 Å². The summed E-state index contributed by atoms with van der Waals surface area (Å²) in [6.07, 6.45) is 2.04. The lowest BCUT2D eigenvalue weighted by molar-refractivity contribution is -0.904. The average molecular weight is 267 g/mol. The zero-order valence-corrected chi connectivity index (χ0v) is 10.6. The number of hydrogen-bond acceptors (Lipinski definition) is 3. The summed E-state index contributed by atoms with van der Waals surface area (Å²) >= 11 is 12.0. The third-order valence-corrected chi connectivity index (χ3v) is 2.48. The van der Waals surface area contributed by atoms with Crippen LogP contribution in [0.3, 0.4) is 0 Å². The average Bonchev–Trinajstić information content (AvgIpc) is 2.16. The van der Waals surface area contributed by atoms with Gasteiger partial charge in [0.25, 0.3) is 0 Å². The van der Waals surface area contributed by atoms with Crippen LogP contribution in [0.4, 0.5) is 0 Å². The van der Waals surface area contributed by atoms with Crippen molar-refractivity contribution in [1.82, 2.24) is 0 Å². The van der Waals surface area contributed by atoms with E-state index in [1.54, 1.807) is 0 Å². The van der Waals surface area contributed by atoms with Crippen molar-refractivity contribution in [2.24, 2.45) is 0 Å². The van der Waals surface area contributed by atoms with Crippen LogP contribution in [0.25, 0.3) is 0 Å². The molecule has 0 atom stereocenters. The zero-order chi connectivity index (χ0) is 12.1. The highest BCUT2D eigenvalue weighted by Crippen LogP contribution is 2.31. The summed E-state index contributed by atoms with van der Waals surface area (Å²) in [6, 6.07) is 0. The molecule has 0 bridgehead atoms. The lowest BCUT2D eigenvalue weighted by Crippen LogP contribution is -2.29. The molecule has 0 saturated heterocycles. The van der Waals surface area contributed by atoms with Gasteiger partial charge in [-0.05, 0) is 13.8 Å². The van der Waals surface area contributed by atoms with Crippen molar-refractivity contribution < 1.29 is 19.4 Å². The van der Waals surface area contributed by atoms with E-state index in [0.717, 1.165) is 4.73 Å². The zero-order valence-electron chi connectivity index (χ0n) is 9.11. The highest BCUT2D eigenvalue weighted by molar-refractivity contribution is 6.35. The Labute approximate surface area is 104 Å². The van der Waals surface area contributed by atoms with E-state index >= 15 is 0 Å². The summed E-state index contributed by atoms with van der Waals surface area (Å²) in [5, 5.41) is 9.81. The molecule has 1 aromatic heterocycles. The molecule has 6 heteroatoms. The van der Waals surface area contributed by atoms with E-state index in [9.17, 15) is 5.21 Å². The lowest BCUT2D eigenvalue weighted by atomic mass is 10.2. The molecule has 0 amide bonds. The fourth-order valence-electron chi connectivity index (χ4n) is 1.27. The SMILES string of the molecule is CCOC(OCC)c1c(Cl)c[n+](O)cc1Cl. The van der Waals surface area contributed by atoms with Gasteiger partial charge < -0.3 is 9.47 Å². The fraction of sp³-hybridized carbons (Fsp3) is 0.500. The first-order chi connectivity index (χ1) is 7.60. The first-order valence-electron chi connectivity index (χ1n) is 4.92. The predicted octanol–water partition coefficient (Wildman–Crippen LogP) is 2.59. The van der Waals surface area contributed by atoms with Crippen LogP contribution in [0.2, 0.25) is 10.0 Å². The molecule has 1 heterocycles. The quantitative estimate of drug-likeness (QED) is 0.506. The van der Waals surface area contributed by atoms with Crippen molar-refractivity contribution in [3.63, 3.8) is 0 Å². The molecule has 0 spiro atoms. The molecule has 0 radical (unpaired) electrons. The Morgan fingerprint density at radius 3 is 2.00 bits per heavy atom. The number of ether oxygens (including phenoxy) is 2. The van der Waals surface area contributed by atoms with Crippen LogP contribution < -0.4 is 4.73 Å². The van der Waals surface area contributed by atoms with Gasteiger partial charge in [0, 0.05) is 17.9 Å². The van der Waals surface area contributed by atoms with Gasteiger partial charge in [0.2, 0.25) is 12.4 Å². The van der Waals surface area contributed by atoms with E-state index in [1.807, 2.05) is 13.8 Å². The van der Waals surface area contributed by atoms with Crippen LogP contribution in [0.15, 0.2) is 12.4 Å². The number of pyridine rings is 1. The Morgan fingerprint density at radius 1 is 1.19 bits per heavy atom. The molecule has 0 aromatic carbocycles. The van der Waals surface area contributed by atoms with Crippen molar-refractivity contribution >= 4 is 23.2 Å². The smallest absolute Gasteiger partial charge is 0.241 e. The maximum absolute atomic E-state index is 9.23. The van der Waals surface area contributed by atoms with Crippen LogP contribution in [-0.4, -0.2) is 18.4 Å². The summed E-state index contributed by atoms with van der Waals surface area (Å²) in [7, 11) is 0. The van der Waals surface area contributed by atoms with E-state index in [-0.39, 0.29) is 0 Å². The van der Waals surface area contributed by atoms with Gasteiger partial charge in [0.1, 0.15) is 10.0 Å². The molecule has 0 aliphatic carbocycles. The first-order valence-corrected chi connectivity index (χ1v) is 5.68. The van der Waals surface area contributed by atoms with Crippen LogP contribution in [0.5, 0.6) is 0 Å². The summed E-state index contributed by atoms with van der Waals surface area (Å²) in [4.78, 5) is 0. The number of aromatic nitrogens is 1. The summed E-state index contributed by atoms with van der Waals surface area (Å²) in [5.41, 5.74) is 0.525. The minimum atomic E-state index is -0.615. The Hall–Kier alpha value is -0.550. The standard InChI is InChI=1S/C10H14Cl2NO3/c1-3-15-10(16-4-2)9-7(11)5-13(14)6-8(9)12/h5-6,10,14H,3-4H2,1-2H3/q+1. The van der Waals surface area contributed by atoms with Gasteiger partial charge in [-0.25, -0.2) is 0 Å². The number of nitrogens with zero attached hydrogens (tertiary/aromatic N) is 1. The molecule has 1 rings (SSSR count). The van der Waals surface area contributed by atoms with E-state index in [1.165, 1.54) is 12.4 Å². The van der Waals surface area contributed by atoms with Crippen molar-refractivity contribution in [1.29, 1.82) is 0 Å². The van der Waals surface area contributed by atoms with Crippen LogP contribution in [0, 0.1) is 0 Å². The third kappa shape index (κ3) is 3.22. The second kappa shape index (κ2) is 6.25. The van der Waals surface area contributed by atoms with Gasteiger partial charge in [-0.3, -0.25) is 5.21 Å². The first kappa shape index (κ1) is 13.5. The Balaban J connectivity index is 3.07. The molecule has 0 saturated carbocycles. The number of halogens is 2. The molecular formula is C10H14Cl2NO3+. The maximum Gasteiger partial charge on any atom is 0.241 e. The van der Waals surface area contributed by atoms with E-state index < -0.39 is 6.29 Å². The molecule has 0 unspecified atom stereocenters. The summed E-state index contributed by atoms with van der Waals surface area (Å²) in [6.45, 7) is 4.66. The fourth-order valence-corrected chi connectivity index (χ4v) is 1.90. The molecular weight excluding hydrogens is 253 g/mol. The lowest BCUT2D eigenvalue weighted by Gasteiger charge is -2.18. The van der Waals surface area contributed by atoms with Gasteiger partial charge in [-0.1, -0.05) is 23.2 Å². The molecule has 16 heavy (non-hydrogen) atoms. The van der Waals surface area contributed by atoms with Crippen molar-refractivity contribution in [2.45, 2.75) is 20.1 Å². The minimum Gasteiger partial charge on any atom is -0.349 e. The van der Waals surface area contributed by atoms with E-state index in [4.69, 9.17) is 32.7 Å². The Kier molecular flexibility index (Phi) is 5.28. The van der Waals surface area contributed by atoms with Crippen LogP contribution in [-0.2, 0) is 9.47 Å². The number of hydrogen-bond donors (Lipinski definition) is 1. The number of rotatable bonds is 5. The van der Waals surface area contributed by atoms with Gasteiger partial charge in [0.05, 0.1) is 5.56 Å². The van der Waals surface area contributed by atoms with Crippen LogP contribution in [0.1, 0.15) is 25.7 Å². The van der Waals surface area contributed by atoms with Gasteiger partial charge in [-0.2, -0.15) is 0 Å². The molecule has 0 aliphatic rings. The van der Waals surface area contributed by atoms with E-state index in [0.29, 0.717) is 28.8 Å². The molecule has 0 fully saturated rings. The van der Waals surface area contributed by atoms with Crippen molar-refractivity contribution in [3.05, 3.63) is 28.0 Å². The highest BCUT2D eigenvalue weighted by atomic mass is 35.5. The maximum atomic E-state index is 9.23. The van der Waals surface area contributed by atoms with Gasteiger partial charge in [0.15, 0.2) is 6.29 Å². The minimum absolute atomic E-state index is 0.293. The summed E-state index contributed by atoms with van der Waals surface area (Å²) in [5.74, 6) is 0. The monoisotopic (exact) mass is 266 g/mol. The normalized spacial score (nSPS) is 11.1. The third-order valence-electron chi connectivity index (χ3n) is 1.88. The molecule has 4 nitrogen and oxygen atoms in total. The molecule has 0 aliphatic heterocycles. The second-order valence-corrected chi connectivity index (χ2v) is 3.80. The van der Waals surface area contributed by atoms with Gasteiger partial charge in [-0.15, -0.1) is 0 Å². The highest BCUT2D eigenvalue weighted by Gasteiger charge is 2.23. The Bertz CT molecular complexity index is 331. The molecule has 90 valence electrons. The largest absolute Gasteiger partial charge is 0.349 e.